The third kappa shape index (κ3) is 3.31. The number of aryl methyl sites for hydroxylation is 1. The van der Waals surface area contributed by atoms with E-state index in [1.807, 2.05) is 36.1 Å². The van der Waals surface area contributed by atoms with Crippen LogP contribution in [0.15, 0.2) is 36.0 Å². The van der Waals surface area contributed by atoms with E-state index < -0.39 is 0 Å². The van der Waals surface area contributed by atoms with Crippen LogP contribution >= 0.6 is 11.3 Å². The van der Waals surface area contributed by atoms with Gasteiger partial charge in [-0.05, 0) is 24.1 Å². The molecule has 0 radical (unpaired) electrons. The summed E-state index contributed by atoms with van der Waals surface area (Å²) in [5, 5.41) is 2.07. The summed E-state index contributed by atoms with van der Waals surface area (Å²) >= 11 is 1.74. The summed E-state index contributed by atoms with van der Waals surface area (Å²) in [6.07, 6.45) is 3.78. The molecule has 0 aromatic carbocycles. The molecule has 4 heteroatoms. The lowest BCUT2D eigenvalue weighted by Gasteiger charge is -2.18. The molecular weight excluding hydrogens is 244 g/mol. The molecule has 0 amide bonds. The fourth-order valence-electron chi connectivity index (χ4n) is 1.87. The first kappa shape index (κ1) is 13.1. The monoisotopic (exact) mass is 262 g/mol. The molecule has 2 aromatic heterocycles. The Hall–Kier alpha value is -1.39. The zero-order valence-corrected chi connectivity index (χ0v) is 11.6. The SMILES string of the molecule is CCN(CC(=O)c1ccn(C)c1)Cc1cccs1. The number of carbonyl (C=O) groups excluding carboxylic acids is 1. The van der Waals surface area contributed by atoms with Gasteiger partial charge in [-0.15, -0.1) is 11.3 Å². The van der Waals surface area contributed by atoms with Crippen molar-refractivity contribution in [1.82, 2.24) is 9.47 Å². The van der Waals surface area contributed by atoms with E-state index in [4.69, 9.17) is 0 Å². The van der Waals surface area contributed by atoms with Crippen LogP contribution in [-0.4, -0.2) is 28.3 Å². The minimum Gasteiger partial charge on any atom is -0.357 e. The molecule has 0 fully saturated rings. The molecule has 0 aliphatic heterocycles. The average molecular weight is 262 g/mol. The van der Waals surface area contributed by atoms with E-state index in [0.29, 0.717) is 6.54 Å². The van der Waals surface area contributed by atoms with E-state index in [2.05, 4.69) is 23.3 Å². The predicted octanol–water partition coefficient (Wildman–Crippen LogP) is 2.79. The van der Waals surface area contributed by atoms with E-state index >= 15 is 0 Å². The van der Waals surface area contributed by atoms with E-state index in [1.54, 1.807) is 11.3 Å². The van der Waals surface area contributed by atoms with Crippen LogP contribution < -0.4 is 0 Å². The van der Waals surface area contributed by atoms with Gasteiger partial charge in [0.2, 0.25) is 0 Å². The van der Waals surface area contributed by atoms with Crippen molar-refractivity contribution in [2.75, 3.05) is 13.1 Å². The first-order valence-electron chi connectivity index (χ1n) is 6.09. The summed E-state index contributed by atoms with van der Waals surface area (Å²) in [7, 11) is 1.93. The Kier molecular flexibility index (Phi) is 4.33. The number of hydrogen-bond donors (Lipinski definition) is 0. The summed E-state index contributed by atoms with van der Waals surface area (Å²) in [4.78, 5) is 15.6. The lowest BCUT2D eigenvalue weighted by Crippen LogP contribution is -2.28. The maximum absolute atomic E-state index is 12.1. The van der Waals surface area contributed by atoms with Gasteiger partial charge in [0, 0.05) is 36.4 Å². The van der Waals surface area contributed by atoms with Crippen molar-refractivity contribution < 1.29 is 4.79 Å². The first-order valence-corrected chi connectivity index (χ1v) is 6.97. The molecule has 2 aromatic rings. The van der Waals surface area contributed by atoms with Crippen molar-refractivity contribution in [3.63, 3.8) is 0 Å². The largest absolute Gasteiger partial charge is 0.357 e. The Morgan fingerprint density at radius 2 is 2.28 bits per heavy atom. The normalized spacial score (nSPS) is 11.1. The van der Waals surface area contributed by atoms with Gasteiger partial charge in [0.05, 0.1) is 6.54 Å². The standard InChI is InChI=1S/C14H18N2OS/c1-3-16(10-13-5-4-8-18-13)11-14(17)12-6-7-15(2)9-12/h4-9H,3,10-11H2,1-2H3. The maximum Gasteiger partial charge on any atom is 0.178 e. The summed E-state index contributed by atoms with van der Waals surface area (Å²) in [6, 6.07) is 6.04. The number of carbonyl (C=O) groups is 1. The molecule has 0 aliphatic rings. The van der Waals surface area contributed by atoms with Gasteiger partial charge >= 0.3 is 0 Å². The third-order valence-corrected chi connectivity index (χ3v) is 3.79. The lowest BCUT2D eigenvalue weighted by atomic mass is 10.2. The number of aromatic nitrogens is 1. The Bertz CT molecular complexity index is 502. The number of hydrogen-bond acceptors (Lipinski definition) is 3. The second-order valence-corrected chi connectivity index (χ2v) is 5.40. The Morgan fingerprint density at radius 1 is 1.44 bits per heavy atom. The highest BCUT2D eigenvalue weighted by Gasteiger charge is 2.12. The zero-order valence-electron chi connectivity index (χ0n) is 10.8. The molecule has 0 saturated carbocycles. The molecule has 0 saturated heterocycles. The second-order valence-electron chi connectivity index (χ2n) is 4.37. The van der Waals surface area contributed by atoms with Crippen LogP contribution in [0.4, 0.5) is 0 Å². The van der Waals surface area contributed by atoms with Crippen molar-refractivity contribution >= 4 is 17.1 Å². The fourth-order valence-corrected chi connectivity index (χ4v) is 2.61. The van der Waals surface area contributed by atoms with Crippen LogP contribution in [0.2, 0.25) is 0 Å². The maximum atomic E-state index is 12.1. The smallest absolute Gasteiger partial charge is 0.178 e. The topological polar surface area (TPSA) is 25.2 Å². The van der Waals surface area contributed by atoms with Crippen LogP contribution in [0.3, 0.4) is 0 Å². The lowest BCUT2D eigenvalue weighted by molar-refractivity contribution is 0.0930. The number of likely N-dealkylation sites (N-methyl/N-ethyl adjacent to an activating group) is 1. The highest BCUT2D eigenvalue weighted by atomic mass is 32.1. The molecular formula is C14H18N2OS. The van der Waals surface area contributed by atoms with Crippen LogP contribution in [-0.2, 0) is 13.6 Å². The second kappa shape index (κ2) is 5.98. The average Bonchev–Trinajstić information content (AvgIpc) is 2.99. The number of rotatable bonds is 6. The predicted molar refractivity (Wildman–Crippen MR) is 75.0 cm³/mol. The Morgan fingerprint density at radius 3 is 2.83 bits per heavy atom. The number of thiophene rings is 1. The molecule has 0 spiro atoms. The minimum absolute atomic E-state index is 0.189. The van der Waals surface area contributed by atoms with Gasteiger partial charge in [0.1, 0.15) is 0 Å². The summed E-state index contributed by atoms with van der Waals surface area (Å²) in [5.41, 5.74) is 0.794. The van der Waals surface area contributed by atoms with Gasteiger partial charge < -0.3 is 4.57 Å². The quantitative estimate of drug-likeness (QED) is 0.748. The van der Waals surface area contributed by atoms with Gasteiger partial charge in [-0.1, -0.05) is 13.0 Å². The Balaban J connectivity index is 1.96. The Labute approximate surface area is 112 Å². The zero-order chi connectivity index (χ0) is 13.0. The van der Waals surface area contributed by atoms with Gasteiger partial charge in [-0.25, -0.2) is 0 Å². The van der Waals surface area contributed by atoms with E-state index in [0.717, 1.165) is 18.7 Å². The molecule has 0 atom stereocenters. The molecule has 0 N–H and O–H groups in total. The molecule has 0 bridgehead atoms. The van der Waals surface area contributed by atoms with Crippen LogP contribution in [0, 0.1) is 0 Å². The van der Waals surface area contributed by atoms with Crippen molar-refractivity contribution in [2.24, 2.45) is 7.05 Å². The summed E-state index contributed by atoms with van der Waals surface area (Å²) < 4.78 is 1.91. The van der Waals surface area contributed by atoms with Gasteiger partial charge in [0.25, 0.3) is 0 Å². The summed E-state index contributed by atoms with van der Waals surface area (Å²) in [6.45, 7) is 4.31. The molecule has 3 nitrogen and oxygen atoms in total. The van der Waals surface area contributed by atoms with E-state index in [9.17, 15) is 4.79 Å². The van der Waals surface area contributed by atoms with Gasteiger partial charge in [-0.2, -0.15) is 0 Å². The molecule has 2 heterocycles. The minimum atomic E-state index is 0.189. The third-order valence-electron chi connectivity index (χ3n) is 2.93. The van der Waals surface area contributed by atoms with E-state index in [1.165, 1.54) is 4.88 Å². The van der Waals surface area contributed by atoms with E-state index in [-0.39, 0.29) is 5.78 Å². The summed E-state index contributed by atoms with van der Waals surface area (Å²) in [5.74, 6) is 0.189. The molecule has 0 aliphatic carbocycles. The van der Waals surface area contributed by atoms with Crippen molar-refractivity contribution in [2.45, 2.75) is 13.5 Å². The number of nitrogens with zero attached hydrogens (tertiary/aromatic N) is 2. The van der Waals surface area contributed by atoms with Crippen molar-refractivity contribution in [1.29, 1.82) is 0 Å². The van der Waals surface area contributed by atoms with Crippen LogP contribution in [0.25, 0.3) is 0 Å². The van der Waals surface area contributed by atoms with Gasteiger partial charge in [-0.3, -0.25) is 9.69 Å². The molecule has 2 rings (SSSR count). The van der Waals surface area contributed by atoms with Gasteiger partial charge in [0.15, 0.2) is 5.78 Å². The highest BCUT2D eigenvalue weighted by Crippen LogP contribution is 2.12. The molecule has 96 valence electrons. The highest BCUT2D eigenvalue weighted by molar-refractivity contribution is 7.09. The van der Waals surface area contributed by atoms with Crippen LogP contribution in [0.1, 0.15) is 22.2 Å². The fraction of sp³-hybridized carbons (Fsp3) is 0.357. The van der Waals surface area contributed by atoms with Crippen molar-refractivity contribution in [3.8, 4) is 0 Å². The van der Waals surface area contributed by atoms with Crippen molar-refractivity contribution in [3.05, 3.63) is 46.4 Å². The molecule has 18 heavy (non-hydrogen) atoms. The molecule has 0 unspecified atom stereocenters. The number of Topliss-reactive ketones (excluding diaryl/α,β-unsaturated/α-hetero) is 1. The first-order chi connectivity index (χ1) is 8.69. The number of ketones is 1. The van der Waals surface area contributed by atoms with Crippen LogP contribution in [0.5, 0.6) is 0 Å².